The lowest BCUT2D eigenvalue weighted by molar-refractivity contribution is 0.106. The van der Waals surface area contributed by atoms with Gasteiger partial charge in [0.25, 0.3) is 0 Å². The van der Waals surface area contributed by atoms with Crippen LogP contribution in [0.5, 0.6) is 0 Å². The molecule has 2 amide bonds. The normalized spacial score (nSPS) is 14.5. The molecule has 3 heterocycles. The smallest absolute Gasteiger partial charge is 0.411 e. The van der Waals surface area contributed by atoms with Crippen molar-refractivity contribution in [3.8, 4) is 11.3 Å². The lowest BCUT2D eigenvalue weighted by Crippen LogP contribution is -2.39. The van der Waals surface area contributed by atoms with Gasteiger partial charge in [-0.2, -0.15) is 5.10 Å². The van der Waals surface area contributed by atoms with Crippen LogP contribution in [0.4, 0.5) is 15.3 Å². The largest absolute Gasteiger partial charge is 0.453 e. The molecule has 156 valence electrons. The number of ether oxygens (including phenoxy) is 2. The number of nitrogens with one attached hydrogen (secondary N) is 1. The molecule has 0 radical (unpaired) electrons. The summed E-state index contributed by atoms with van der Waals surface area (Å²) in [5.41, 5.74) is 3.22. The zero-order valence-corrected chi connectivity index (χ0v) is 16.9. The van der Waals surface area contributed by atoms with E-state index in [9.17, 15) is 9.59 Å². The van der Waals surface area contributed by atoms with Gasteiger partial charge in [0.05, 0.1) is 32.2 Å². The van der Waals surface area contributed by atoms with Gasteiger partial charge in [-0.1, -0.05) is 12.1 Å². The van der Waals surface area contributed by atoms with Gasteiger partial charge in [-0.3, -0.25) is 5.32 Å². The SMILES string of the molecule is COC(=O)Nc1ccc(-c2ccc3cnn(C4CCN(C(=O)OC)CC4)c3n2)cc1. The average Bonchev–Trinajstić information content (AvgIpc) is 3.22. The average molecular weight is 409 g/mol. The predicted molar refractivity (Wildman–Crippen MR) is 111 cm³/mol. The Balaban J connectivity index is 1.55. The second-order valence-corrected chi connectivity index (χ2v) is 7.08. The molecular formula is C21H23N5O4. The number of methoxy groups -OCH3 is 2. The van der Waals surface area contributed by atoms with Crippen LogP contribution in [-0.2, 0) is 9.47 Å². The highest BCUT2D eigenvalue weighted by Crippen LogP contribution is 2.28. The van der Waals surface area contributed by atoms with Crippen LogP contribution in [0.3, 0.4) is 0 Å². The van der Waals surface area contributed by atoms with Crippen LogP contribution >= 0.6 is 0 Å². The molecule has 0 unspecified atom stereocenters. The van der Waals surface area contributed by atoms with Crippen molar-refractivity contribution in [2.75, 3.05) is 32.6 Å². The summed E-state index contributed by atoms with van der Waals surface area (Å²) >= 11 is 0. The van der Waals surface area contributed by atoms with E-state index in [1.165, 1.54) is 14.2 Å². The molecule has 0 spiro atoms. The van der Waals surface area contributed by atoms with Crippen molar-refractivity contribution in [3.63, 3.8) is 0 Å². The number of aromatic nitrogens is 3. The summed E-state index contributed by atoms with van der Waals surface area (Å²) in [5, 5.41) is 8.16. The standard InChI is InChI=1S/C21H23N5O4/c1-29-20(27)23-16-6-3-14(4-7-16)18-8-5-15-13-22-26(19(15)24-18)17-9-11-25(12-10-17)21(28)30-2/h3-8,13,17H,9-12H2,1-2H3,(H,23,27). The minimum atomic E-state index is -0.510. The molecule has 2 aromatic heterocycles. The number of fused-ring (bicyclic) bond motifs is 1. The monoisotopic (exact) mass is 409 g/mol. The second kappa shape index (κ2) is 8.40. The fourth-order valence-electron chi connectivity index (χ4n) is 3.67. The van der Waals surface area contributed by atoms with Gasteiger partial charge in [-0.05, 0) is 37.1 Å². The first-order valence-electron chi connectivity index (χ1n) is 9.71. The summed E-state index contributed by atoms with van der Waals surface area (Å²) < 4.78 is 11.4. The Bertz CT molecular complexity index is 1050. The maximum absolute atomic E-state index is 11.7. The van der Waals surface area contributed by atoms with E-state index >= 15 is 0 Å². The van der Waals surface area contributed by atoms with E-state index in [2.05, 4.69) is 15.2 Å². The quantitative estimate of drug-likeness (QED) is 0.709. The van der Waals surface area contributed by atoms with Crippen molar-refractivity contribution in [1.29, 1.82) is 0 Å². The lowest BCUT2D eigenvalue weighted by atomic mass is 10.1. The summed E-state index contributed by atoms with van der Waals surface area (Å²) in [6, 6.07) is 11.5. The van der Waals surface area contributed by atoms with Crippen LogP contribution in [0, 0.1) is 0 Å². The molecule has 1 aliphatic heterocycles. The van der Waals surface area contributed by atoms with Gasteiger partial charge in [0.2, 0.25) is 0 Å². The van der Waals surface area contributed by atoms with E-state index in [0.29, 0.717) is 18.8 Å². The van der Waals surface area contributed by atoms with Crippen LogP contribution in [0.2, 0.25) is 0 Å². The maximum atomic E-state index is 11.7. The lowest BCUT2D eigenvalue weighted by Gasteiger charge is -2.31. The van der Waals surface area contributed by atoms with Crippen molar-refractivity contribution in [1.82, 2.24) is 19.7 Å². The predicted octanol–water partition coefficient (Wildman–Crippen LogP) is 3.68. The highest BCUT2D eigenvalue weighted by atomic mass is 16.5. The van der Waals surface area contributed by atoms with Crippen LogP contribution < -0.4 is 5.32 Å². The number of benzene rings is 1. The topological polar surface area (TPSA) is 98.6 Å². The van der Waals surface area contributed by atoms with Crippen molar-refractivity contribution in [2.45, 2.75) is 18.9 Å². The number of pyridine rings is 1. The van der Waals surface area contributed by atoms with E-state index in [1.807, 2.05) is 35.1 Å². The summed E-state index contributed by atoms with van der Waals surface area (Å²) in [4.78, 5) is 29.6. The van der Waals surface area contributed by atoms with Crippen LogP contribution in [0.1, 0.15) is 18.9 Å². The van der Waals surface area contributed by atoms with E-state index in [0.717, 1.165) is 35.1 Å². The first kappa shape index (κ1) is 19.7. The number of amides is 2. The van der Waals surface area contributed by atoms with Crippen LogP contribution in [0.25, 0.3) is 22.3 Å². The van der Waals surface area contributed by atoms with E-state index in [-0.39, 0.29) is 12.1 Å². The molecular weight excluding hydrogens is 386 g/mol. The third-order valence-electron chi connectivity index (χ3n) is 5.30. The fraction of sp³-hybridized carbons (Fsp3) is 0.333. The molecule has 0 saturated carbocycles. The molecule has 0 aliphatic carbocycles. The molecule has 4 rings (SSSR count). The maximum Gasteiger partial charge on any atom is 0.411 e. The van der Waals surface area contributed by atoms with Crippen molar-refractivity contribution >= 4 is 28.9 Å². The number of likely N-dealkylation sites (tertiary alicyclic amines) is 1. The number of carbonyl (C=O) groups is 2. The summed E-state index contributed by atoms with van der Waals surface area (Å²) in [6.45, 7) is 1.26. The number of carbonyl (C=O) groups excluding carboxylic acids is 2. The third kappa shape index (κ3) is 3.91. The zero-order chi connectivity index (χ0) is 21.1. The number of rotatable bonds is 3. The second-order valence-electron chi connectivity index (χ2n) is 7.08. The van der Waals surface area contributed by atoms with Crippen molar-refractivity contribution in [3.05, 3.63) is 42.6 Å². The molecule has 1 saturated heterocycles. The Morgan fingerprint density at radius 1 is 1.03 bits per heavy atom. The van der Waals surface area contributed by atoms with Gasteiger partial charge >= 0.3 is 12.2 Å². The molecule has 0 bridgehead atoms. The van der Waals surface area contributed by atoms with Crippen molar-refractivity contribution in [2.24, 2.45) is 0 Å². The summed E-state index contributed by atoms with van der Waals surface area (Å²) in [7, 11) is 2.73. The Morgan fingerprint density at radius 3 is 2.43 bits per heavy atom. The Morgan fingerprint density at radius 2 is 1.77 bits per heavy atom. The van der Waals surface area contributed by atoms with Crippen molar-refractivity contribution < 1.29 is 19.1 Å². The van der Waals surface area contributed by atoms with Crippen LogP contribution in [-0.4, -0.2) is 59.2 Å². The van der Waals surface area contributed by atoms with Crippen LogP contribution in [0.15, 0.2) is 42.6 Å². The Labute approximate surface area is 173 Å². The molecule has 9 nitrogen and oxygen atoms in total. The first-order chi connectivity index (χ1) is 14.6. The summed E-state index contributed by atoms with van der Waals surface area (Å²) in [5.74, 6) is 0. The van der Waals surface area contributed by atoms with Gasteiger partial charge in [0.15, 0.2) is 5.65 Å². The molecule has 1 aliphatic rings. The van der Waals surface area contributed by atoms with E-state index in [1.54, 1.807) is 17.0 Å². The van der Waals surface area contributed by atoms with E-state index < -0.39 is 6.09 Å². The Kier molecular flexibility index (Phi) is 5.51. The van der Waals surface area contributed by atoms with Gasteiger partial charge < -0.3 is 14.4 Å². The number of hydrogen-bond acceptors (Lipinski definition) is 6. The third-order valence-corrected chi connectivity index (χ3v) is 5.30. The van der Waals surface area contributed by atoms with E-state index in [4.69, 9.17) is 9.72 Å². The molecule has 0 atom stereocenters. The minimum Gasteiger partial charge on any atom is -0.453 e. The highest BCUT2D eigenvalue weighted by Gasteiger charge is 2.26. The molecule has 3 aromatic rings. The van der Waals surface area contributed by atoms with Gasteiger partial charge in [0, 0.05) is 29.7 Å². The first-order valence-corrected chi connectivity index (χ1v) is 9.71. The number of piperidine rings is 1. The van der Waals surface area contributed by atoms with Gasteiger partial charge in [-0.15, -0.1) is 0 Å². The fourth-order valence-corrected chi connectivity index (χ4v) is 3.67. The molecule has 9 heteroatoms. The number of anilines is 1. The molecule has 1 aromatic carbocycles. The zero-order valence-electron chi connectivity index (χ0n) is 16.9. The molecule has 1 N–H and O–H groups in total. The molecule has 1 fully saturated rings. The van der Waals surface area contributed by atoms with Gasteiger partial charge in [-0.25, -0.2) is 19.3 Å². The highest BCUT2D eigenvalue weighted by molar-refractivity contribution is 5.85. The summed E-state index contributed by atoms with van der Waals surface area (Å²) in [6.07, 6.45) is 2.62. The number of hydrogen-bond donors (Lipinski definition) is 1. The number of nitrogens with zero attached hydrogens (tertiary/aromatic N) is 4. The van der Waals surface area contributed by atoms with Gasteiger partial charge in [0.1, 0.15) is 0 Å². The molecule has 30 heavy (non-hydrogen) atoms. The minimum absolute atomic E-state index is 0.179. The Hall–Kier alpha value is -3.62.